The first kappa shape index (κ1) is 7.10. The van der Waals surface area contributed by atoms with Crippen LogP contribution in [-0.2, 0) is 6.42 Å². The van der Waals surface area contributed by atoms with E-state index in [1.165, 1.54) is 5.56 Å². The standard InChI is InChI=1S/C10H10N2/c1-2-4-9(5-3-1)8-10-11-6-7-12-10/h1-7H,8H2,(H,11,12). The molecule has 1 heterocycles. The van der Waals surface area contributed by atoms with Crippen LogP contribution in [0.15, 0.2) is 42.7 Å². The first-order chi connectivity index (χ1) is 5.95. The van der Waals surface area contributed by atoms with Gasteiger partial charge in [0.1, 0.15) is 5.82 Å². The molecule has 0 unspecified atom stereocenters. The molecule has 0 radical (unpaired) electrons. The highest BCUT2D eigenvalue weighted by atomic mass is 14.9. The molecular formula is C10H10N2. The van der Waals surface area contributed by atoms with Gasteiger partial charge in [0.05, 0.1) is 0 Å². The Hall–Kier alpha value is -1.57. The molecule has 1 aromatic heterocycles. The van der Waals surface area contributed by atoms with Crippen LogP contribution in [-0.4, -0.2) is 9.97 Å². The van der Waals surface area contributed by atoms with Gasteiger partial charge in [-0.3, -0.25) is 0 Å². The number of rotatable bonds is 2. The van der Waals surface area contributed by atoms with Crippen molar-refractivity contribution in [3.63, 3.8) is 0 Å². The summed E-state index contributed by atoms with van der Waals surface area (Å²) in [6.07, 6.45) is 4.50. The van der Waals surface area contributed by atoms with Crippen molar-refractivity contribution in [2.75, 3.05) is 0 Å². The van der Waals surface area contributed by atoms with Gasteiger partial charge in [0.25, 0.3) is 0 Å². The SMILES string of the molecule is c1ccc(Cc2ncc[nH]2)cc1. The second-order valence-electron chi connectivity index (χ2n) is 2.70. The first-order valence-electron chi connectivity index (χ1n) is 3.97. The molecule has 0 bridgehead atoms. The van der Waals surface area contributed by atoms with E-state index in [0.29, 0.717) is 0 Å². The van der Waals surface area contributed by atoms with Crippen molar-refractivity contribution in [1.82, 2.24) is 9.97 Å². The maximum Gasteiger partial charge on any atom is 0.110 e. The fourth-order valence-electron chi connectivity index (χ4n) is 1.18. The lowest BCUT2D eigenvalue weighted by Gasteiger charge is -1.95. The van der Waals surface area contributed by atoms with Gasteiger partial charge in [-0.25, -0.2) is 4.98 Å². The summed E-state index contributed by atoms with van der Waals surface area (Å²) in [6.45, 7) is 0. The third kappa shape index (κ3) is 1.53. The summed E-state index contributed by atoms with van der Waals surface area (Å²) in [5.41, 5.74) is 1.28. The van der Waals surface area contributed by atoms with Crippen molar-refractivity contribution in [1.29, 1.82) is 0 Å². The summed E-state index contributed by atoms with van der Waals surface area (Å²) in [7, 11) is 0. The Bertz CT molecular complexity index is 324. The van der Waals surface area contributed by atoms with E-state index in [0.717, 1.165) is 12.2 Å². The molecule has 2 aromatic rings. The third-order valence-corrected chi connectivity index (χ3v) is 1.77. The predicted octanol–water partition coefficient (Wildman–Crippen LogP) is 2.00. The Balaban J connectivity index is 2.15. The van der Waals surface area contributed by atoms with Crippen molar-refractivity contribution in [3.8, 4) is 0 Å². The molecule has 0 amide bonds. The van der Waals surface area contributed by atoms with E-state index < -0.39 is 0 Å². The van der Waals surface area contributed by atoms with E-state index >= 15 is 0 Å². The minimum Gasteiger partial charge on any atom is -0.348 e. The minimum atomic E-state index is 0.883. The topological polar surface area (TPSA) is 28.7 Å². The van der Waals surface area contributed by atoms with Gasteiger partial charge < -0.3 is 4.98 Å². The lowest BCUT2D eigenvalue weighted by Crippen LogP contribution is -1.89. The molecule has 0 saturated carbocycles. The number of hydrogen-bond acceptors (Lipinski definition) is 1. The van der Waals surface area contributed by atoms with Crippen molar-refractivity contribution >= 4 is 0 Å². The molecule has 1 aromatic carbocycles. The molecule has 0 aliphatic rings. The van der Waals surface area contributed by atoms with Crippen molar-refractivity contribution in [2.45, 2.75) is 6.42 Å². The highest BCUT2D eigenvalue weighted by molar-refractivity contribution is 5.18. The average Bonchev–Trinajstić information content (AvgIpc) is 2.59. The largest absolute Gasteiger partial charge is 0.348 e. The fourth-order valence-corrected chi connectivity index (χ4v) is 1.18. The molecule has 2 nitrogen and oxygen atoms in total. The normalized spacial score (nSPS) is 10.0. The van der Waals surface area contributed by atoms with Crippen LogP contribution in [0.25, 0.3) is 0 Å². The molecule has 0 aliphatic carbocycles. The number of hydrogen-bond donors (Lipinski definition) is 1. The van der Waals surface area contributed by atoms with Crippen LogP contribution in [0.3, 0.4) is 0 Å². The molecule has 0 atom stereocenters. The molecule has 60 valence electrons. The van der Waals surface area contributed by atoms with Crippen molar-refractivity contribution in [3.05, 3.63) is 54.1 Å². The summed E-state index contributed by atoms with van der Waals surface area (Å²) in [5.74, 6) is 1.02. The highest BCUT2D eigenvalue weighted by Crippen LogP contribution is 2.03. The van der Waals surface area contributed by atoms with E-state index in [4.69, 9.17) is 0 Å². The predicted molar refractivity (Wildman–Crippen MR) is 47.8 cm³/mol. The Kier molecular flexibility index (Phi) is 1.90. The van der Waals surface area contributed by atoms with Gasteiger partial charge >= 0.3 is 0 Å². The van der Waals surface area contributed by atoms with Crippen LogP contribution >= 0.6 is 0 Å². The van der Waals surface area contributed by atoms with E-state index in [-0.39, 0.29) is 0 Å². The smallest absolute Gasteiger partial charge is 0.110 e. The van der Waals surface area contributed by atoms with Crippen molar-refractivity contribution < 1.29 is 0 Å². The fraction of sp³-hybridized carbons (Fsp3) is 0.100. The van der Waals surface area contributed by atoms with Gasteiger partial charge in [-0.1, -0.05) is 30.3 Å². The second kappa shape index (κ2) is 3.22. The molecule has 2 heteroatoms. The third-order valence-electron chi connectivity index (χ3n) is 1.77. The van der Waals surface area contributed by atoms with E-state index in [2.05, 4.69) is 22.1 Å². The average molecular weight is 158 g/mol. The first-order valence-corrected chi connectivity index (χ1v) is 3.97. The molecular weight excluding hydrogens is 148 g/mol. The summed E-state index contributed by atoms with van der Waals surface area (Å²) in [5, 5.41) is 0. The van der Waals surface area contributed by atoms with Gasteiger partial charge in [-0.15, -0.1) is 0 Å². The van der Waals surface area contributed by atoms with Crippen molar-refractivity contribution in [2.24, 2.45) is 0 Å². The van der Waals surface area contributed by atoms with Crippen LogP contribution in [0, 0.1) is 0 Å². The Morgan fingerprint density at radius 1 is 1.17 bits per heavy atom. The molecule has 2 rings (SSSR count). The number of H-pyrrole nitrogens is 1. The summed E-state index contributed by atoms with van der Waals surface area (Å²) < 4.78 is 0. The molecule has 12 heavy (non-hydrogen) atoms. The lowest BCUT2D eigenvalue weighted by molar-refractivity contribution is 1.03. The van der Waals surface area contributed by atoms with Gasteiger partial charge in [0.15, 0.2) is 0 Å². The molecule has 0 saturated heterocycles. The Labute approximate surface area is 71.3 Å². The molecule has 0 aliphatic heterocycles. The number of nitrogens with zero attached hydrogens (tertiary/aromatic N) is 1. The number of aromatic amines is 1. The highest BCUT2D eigenvalue weighted by Gasteiger charge is 1.95. The lowest BCUT2D eigenvalue weighted by atomic mass is 10.1. The van der Waals surface area contributed by atoms with E-state index in [1.807, 2.05) is 24.4 Å². The minimum absolute atomic E-state index is 0.883. The zero-order chi connectivity index (χ0) is 8.23. The Morgan fingerprint density at radius 3 is 2.67 bits per heavy atom. The van der Waals surface area contributed by atoms with Gasteiger partial charge in [-0.05, 0) is 5.56 Å². The van der Waals surface area contributed by atoms with Gasteiger partial charge in [-0.2, -0.15) is 0 Å². The van der Waals surface area contributed by atoms with Crippen LogP contribution in [0.5, 0.6) is 0 Å². The molecule has 1 N–H and O–H groups in total. The summed E-state index contributed by atoms with van der Waals surface area (Å²) in [6, 6.07) is 10.3. The van der Waals surface area contributed by atoms with Gasteiger partial charge in [0, 0.05) is 18.8 Å². The summed E-state index contributed by atoms with van der Waals surface area (Å²) >= 11 is 0. The van der Waals surface area contributed by atoms with Crippen LogP contribution in [0.4, 0.5) is 0 Å². The maximum atomic E-state index is 4.16. The summed E-state index contributed by atoms with van der Waals surface area (Å²) in [4.78, 5) is 7.23. The molecule has 0 fully saturated rings. The van der Waals surface area contributed by atoms with E-state index in [9.17, 15) is 0 Å². The van der Waals surface area contributed by atoms with E-state index in [1.54, 1.807) is 6.20 Å². The zero-order valence-electron chi connectivity index (χ0n) is 6.70. The second-order valence-corrected chi connectivity index (χ2v) is 2.70. The van der Waals surface area contributed by atoms with Crippen LogP contribution in [0.2, 0.25) is 0 Å². The molecule has 0 spiro atoms. The Morgan fingerprint density at radius 2 is 2.00 bits per heavy atom. The maximum absolute atomic E-state index is 4.16. The number of benzene rings is 1. The zero-order valence-corrected chi connectivity index (χ0v) is 6.70. The van der Waals surface area contributed by atoms with Crippen LogP contribution in [0.1, 0.15) is 11.4 Å². The quantitative estimate of drug-likeness (QED) is 0.711. The number of nitrogens with one attached hydrogen (secondary N) is 1. The number of aromatic nitrogens is 2. The van der Waals surface area contributed by atoms with Gasteiger partial charge in [0.2, 0.25) is 0 Å². The van der Waals surface area contributed by atoms with Crippen LogP contribution < -0.4 is 0 Å². The monoisotopic (exact) mass is 158 g/mol. The number of imidazole rings is 1.